The van der Waals surface area contributed by atoms with Crippen molar-refractivity contribution in [3.05, 3.63) is 0 Å². The van der Waals surface area contributed by atoms with E-state index in [2.05, 4.69) is 11.8 Å². The highest BCUT2D eigenvalue weighted by atomic mass is 16.1. The van der Waals surface area contributed by atoms with E-state index in [4.69, 9.17) is 5.73 Å². The van der Waals surface area contributed by atoms with Gasteiger partial charge >= 0.3 is 0 Å². The van der Waals surface area contributed by atoms with Gasteiger partial charge in [0.2, 0.25) is 5.91 Å². The summed E-state index contributed by atoms with van der Waals surface area (Å²) >= 11 is 0. The van der Waals surface area contributed by atoms with Gasteiger partial charge < -0.3 is 10.6 Å². The Bertz CT molecular complexity index is 166. The van der Waals surface area contributed by atoms with Gasteiger partial charge in [0.25, 0.3) is 0 Å². The zero-order valence-corrected chi connectivity index (χ0v) is 9.26. The first-order valence-corrected chi connectivity index (χ1v) is 4.88. The highest BCUT2D eigenvalue weighted by Gasteiger charge is 2.26. The second kappa shape index (κ2) is 5.22. The first-order chi connectivity index (χ1) is 5.90. The van der Waals surface area contributed by atoms with Crippen LogP contribution in [-0.4, -0.2) is 30.9 Å². The molecule has 0 aliphatic heterocycles. The fourth-order valence-corrected chi connectivity index (χ4v) is 1.26. The van der Waals surface area contributed by atoms with Gasteiger partial charge in [-0.3, -0.25) is 4.79 Å². The van der Waals surface area contributed by atoms with E-state index in [-0.39, 0.29) is 5.91 Å². The molecule has 0 heterocycles. The van der Waals surface area contributed by atoms with Crippen molar-refractivity contribution >= 4 is 5.91 Å². The molecule has 3 nitrogen and oxygen atoms in total. The molecule has 0 aliphatic rings. The molecule has 0 aromatic rings. The maximum Gasteiger partial charge on any atom is 0.224 e. The van der Waals surface area contributed by atoms with Crippen LogP contribution < -0.4 is 5.73 Å². The first kappa shape index (κ1) is 12.4. The minimum Gasteiger partial charge on any atom is -0.369 e. The number of primary amides is 1. The average Bonchev–Trinajstić information content (AvgIpc) is 1.99. The van der Waals surface area contributed by atoms with Crippen molar-refractivity contribution in [1.29, 1.82) is 0 Å². The molecule has 0 saturated carbocycles. The zero-order valence-electron chi connectivity index (χ0n) is 9.26. The van der Waals surface area contributed by atoms with Crippen LogP contribution in [0.4, 0.5) is 0 Å². The summed E-state index contributed by atoms with van der Waals surface area (Å²) in [6, 6.07) is 0. The molecule has 0 rings (SSSR count). The minimum atomic E-state index is -0.414. The van der Waals surface area contributed by atoms with E-state index in [1.165, 1.54) is 12.8 Å². The van der Waals surface area contributed by atoms with Crippen LogP contribution >= 0.6 is 0 Å². The molecule has 0 saturated heterocycles. The van der Waals surface area contributed by atoms with E-state index >= 15 is 0 Å². The van der Waals surface area contributed by atoms with Crippen LogP contribution in [0, 0.1) is 5.41 Å². The Morgan fingerprint density at radius 1 is 1.46 bits per heavy atom. The summed E-state index contributed by atoms with van der Waals surface area (Å²) in [5, 5.41) is 0. The normalized spacial score (nSPS) is 12.1. The third kappa shape index (κ3) is 4.88. The summed E-state index contributed by atoms with van der Waals surface area (Å²) in [7, 11) is 2.03. The van der Waals surface area contributed by atoms with Gasteiger partial charge in [0, 0.05) is 6.54 Å². The Labute approximate surface area is 81.3 Å². The van der Waals surface area contributed by atoms with Crippen molar-refractivity contribution in [3.8, 4) is 0 Å². The molecule has 0 aromatic heterocycles. The highest BCUT2D eigenvalue weighted by Crippen LogP contribution is 2.15. The minimum absolute atomic E-state index is 0.226. The molecule has 2 N–H and O–H groups in total. The van der Waals surface area contributed by atoms with Gasteiger partial charge in [0.05, 0.1) is 5.41 Å². The van der Waals surface area contributed by atoms with Gasteiger partial charge in [-0.05, 0) is 33.9 Å². The Balaban J connectivity index is 3.89. The van der Waals surface area contributed by atoms with Crippen LogP contribution in [-0.2, 0) is 4.79 Å². The van der Waals surface area contributed by atoms with Gasteiger partial charge in [0.1, 0.15) is 0 Å². The van der Waals surface area contributed by atoms with E-state index < -0.39 is 5.41 Å². The standard InChI is InChI=1S/C10H22N2O/c1-5-6-7-12(4)8-10(2,3)9(11)13/h5-8H2,1-4H3,(H2,11,13). The summed E-state index contributed by atoms with van der Waals surface area (Å²) in [5.74, 6) is -0.226. The number of nitrogens with two attached hydrogens (primary N) is 1. The number of amides is 1. The molecular formula is C10H22N2O. The molecule has 0 atom stereocenters. The summed E-state index contributed by atoms with van der Waals surface area (Å²) in [4.78, 5) is 13.2. The van der Waals surface area contributed by atoms with Crippen LogP contribution in [0.2, 0.25) is 0 Å². The van der Waals surface area contributed by atoms with Crippen LogP contribution in [0.5, 0.6) is 0 Å². The van der Waals surface area contributed by atoms with Crippen molar-refractivity contribution in [2.45, 2.75) is 33.6 Å². The lowest BCUT2D eigenvalue weighted by atomic mass is 9.92. The number of hydrogen-bond acceptors (Lipinski definition) is 2. The van der Waals surface area contributed by atoms with Crippen molar-refractivity contribution in [2.24, 2.45) is 11.1 Å². The molecule has 0 unspecified atom stereocenters. The topological polar surface area (TPSA) is 46.3 Å². The van der Waals surface area contributed by atoms with Crippen molar-refractivity contribution in [3.63, 3.8) is 0 Å². The van der Waals surface area contributed by atoms with Gasteiger partial charge in [-0.25, -0.2) is 0 Å². The SMILES string of the molecule is CCCCN(C)CC(C)(C)C(N)=O. The maximum absolute atomic E-state index is 11.0. The number of unbranched alkanes of at least 4 members (excludes halogenated alkanes) is 1. The first-order valence-electron chi connectivity index (χ1n) is 4.88. The quantitative estimate of drug-likeness (QED) is 0.678. The lowest BCUT2D eigenvalue weighted by Gasteiger charge is -2.27. The maximum atomic E-state index is 11.0. The van der Waals surface area contributed by atoms with E-state index in [0.717, 1.165) is 13.1 Å². The lowest BCUT2D eigenvalue weighted by Crippen LogP contribution is -2.41. The smallest absolute Gasteiger partial charge is 0.224 e. The molecule has 0 fully saturated rings. The van der Waals surface area contributed by atoms with E-state index in [9.17, 15) is 4.79 Å². The molecule has 0 radical (unpaired) electrons. The monoisotopic (exact) mass is 186 g/mol. The number of hydrogen-bond donors (Lipinski definition) is 1. The fraction of sp³-hybridized carbons (Fsp3) is 0.900. The van der Waals surface area contributed by atoms with E-state index in [0.29, 0.717) is 0 Å². The van der Waals surface area contributed by atoms with Crippen LogP contribution in [0.25, 0.3) is 0 Å². The fourth-order valence-electron chi connectivity index (χ4n) is 1.26. The Morgan fingerprint density at radius 3 is 2.38 bits per heavy atom. The van der Waals surface area contributed by atoms with E-state index in [1.807, 2.05) is 20.9 Å². The zero-order chi connectivity index (χ0) is 10.5. The van der Waals surface area contributed by atoms with Gasteiger partial charge in [-0.2, -0.15) is 0 Å². The molecule has 78 valence electrons. The predicted molar refractivity (Wildman–Crippen MR) is 55.4 cm³/mol. The van der Waals surface area contributed by atoms with Gasteiger partial charge in [-0.1, -0.05) is 13.3 Å². The Hall–Kier alpha value is -0.570. The number of nitrogens with zero attached hydrogens (tertiary/aromatic N) is 1. The number of carbonyl (C=O) groups is 1. The summed E-state index contributed by atoms with van der Waals surface area (Å²) in [6.45, 7) is 7.71. The van der Waals surface area contributed by atoms with E-state index in [1.54, 1.807) is 0 Å². The summed E-state index contributed by atoms with van der Waals surface area (Å²) in [6.07, 6.45) is 2.35. The molecule has 13 heavy (non-hydrogen) atoms. The summed E-state index contributed by atoms with van der Waals surface area (Å²) < 4.78 is 0. The van der Waals surface area contributed by atoms with Crippen molar-refractivity contribution in [1.82, 2.24) is 4.90 Å². The largest absolute Gasteiger partial charge is 0.369 e. The van der Waals surface area contributed by atoms with Gasteiger partial charge in [-0.15, -0.1) is 0 Å². The summed E-state index contributed by atoms with van der Waals surface area (Å²) in [5.41, 5.74) is 4.87. The molecule has 0 aliphatic carbocycles. The second-order valence-corrected chi connectivity index (χ2v) is 4.34. The Morgan fingerprint density at radius 2 is 2.00 bits per heavy atom. The van der Waals surface area contributed by atoms with Crippen LogP contribution in [0.3, 0.4) is 0 Å². The van der Waals surface area contributed by atoms with Crippen molar-refractivity contribution in [2.75, 3.05) is 20.1 Å². The molecule has 0 bridgehead atoms. The van der Waals surface area contributed by atoms with Crippen LogP contribution in [0.15, 0.2) is 0 Å². The molecule has 0 spiro atoms. The third-order valence-corrected chi connectivity index (χ3v) is 2.23. The Kier molecular flexibility index (Phi) is 4.99. The highest BCUT2D eigenvalue weighted by molar-refractivity contribution is 5.80. The lowest BCUT2D eigenvalue weighted by molar-refractivity contribution is -0.126. The third-order valence-electron chi connectivity index (χ3n) is 2.23. The molecule has 3 heteroatoms. The number of carbonyl (C=O) groups excluding carboxylic acids is 1. The van der Waals surface area contributed by atoms with Crippen molar-refractivity contribution < 1.29 is 4.79 Å². The molecular weight excluding hydrogens is 164 g/mol. The average molecular weight is 186 g/mol. The van der Waals surface area contributed by atoms with Gasteiger partial charge in [0.15, 0.2) is 0 Å². The predicted octanol–water partition coefficient (Wildman–Crippen LogP) is 1.23. The second-order valence-electron chi connectivity index (χ2n) is 4.34. The van der Waals surface area contributed by atoms with Crippen LogP contribution in [0.1, 0.15) is 33.6 Å². The number of rotatable bonds is 6. The molecule has 1 amide bonds. The molecule has 0 aromatic carbocycles.